The van der Waals surface area contributed by atoms with E-state index in [9.17, 15) is 23.2 Å². The van der Waals surface area contributed by atoms with Crippen LogP contribution in [0.15, 0.2) is 48.7 Å². The third-order valence-corrected chi connectivity index (χ3v) is 6.68. The molecule has 1 saturated heterocycles. The number of halogens is 2. The molecule has 0 saturated carbocycles. The van der Waals surface area contributed by atoms with Gasteiger partial charge < -0.3 is 5.32 Å². The van der Waals surface area contributed by atoms with E-state index < -0.39 is 31.0 Å². The molecule has 0 unspecified atom stereocenters. The summed E-state index contributed by atoms with van der Waals surface area (Å²) >= 11 is 0. The van der Waals surface area contributed by atoms with Crippen molar-refractivity contribution in [3.05, 3.63) is 76.8 Å². The molecule has 1 aromatic heterocycles. The Hall–Kier alpha value is -4.19. The maximum Gasteiger partial charge on any atom is 0.306 e. The number of aromatic nitrogens is 1. The molecule has 1 atom stereocenters. The first-order chi connectivity index (χ1) is 17.3. The Labute approximate surface area is 205 Å². The predicted molar refractivity (Wildman–Crippen MR) is 128 cm³/mol. The number of ketones is 1. The van der Waals surface area contributed by atoms with Gasteiger partial charge in [-0.3, -0.25) is 29.1 Å². The highest BCUT2D eigenvalue weighted by atomic mass is 19.3. The van der Waals surface area contributed by atoms with Crippen LogP contribution in [0.5, 0.6) is 0 Å². The number of alkyl halides is 2. The van der Waals surface area contributed by atoms with Gasteiger partial charge >= 0.3 is 6.17 Å². The van der Waals surface area contributed by atoms with Crippen molar-refractivity contribution in [1.29, 1.82) is 0 Å². The van der Waals surface area contributed by atoms with Crippen LogP contribution in [0.1, 0.15) is 45.5 Å². The molecular formula is C27H22F2N4O3. The molecule has 0 aliphatic carbocycles. The number of hydrogen-bond donors (Lipinski definition) is 1. The van der Waals surface area contributed by atoms with Gasteiger partial charge in [0.25, 0.3) is 11.8 Å². The van der Waals surface area contributed by atoms with Crippen LogP contribution in [0, 0.1) is 6.57 Å². The lowest BCUT2D eigenvalue weighted by Crippen LogP contribution is -2.35. The maximum atomic E-state index is 13.7. The normalized spacial score (nSPS) is 18.4. The molecule has 5 rings (SSSR count). The van der Waals surface area contributed by atoms with Gasteiger partial charge in [0.2, 0.25) is 5.91 Å². The third-order valence-electron chi connectivity index (χ3n) is 6.68. The highest BCUT2D eigenvalue weighted by Crippen LogP contribution is 2.33. The second-order valence-electron chi connectivity index (χ2n) is 9.08. The zero-order valence-electron chi connectivity index (χ0n) is 19.3. The van der Waals surface area contributed by atoms with Crippen LogP contribution in [0.4, 0.5) is 8.78 Å². The fourth-order valence-electron chi connectivity index (χ4n) is 4.84. The van der Waals surface area contributed by atoms with Gasteiger partial charge in [-0.2, -0.15) is 0 Å². The fourth-order valence-corrected chi connectivity index (χ4v) is 4.84. The summed E-state index contributed by atoms with van der Waals surface area (Å²) in [5.74, 6) is -4.11. The smallest absolute Gasteiger partial charge is 0.306 e. The largest absolute Gasteiger partial charge is 0.352 e. The Morgan fingerprint density at radius 1 is 1.14 bits per heavy atom. The average Bonchev–Trinajstić information content (AvgIpc) is 3.21. The molecule has 0 radical (unpaired) electrons. The molecule has 3 aromatic rings. The van der Waals surface area contributed by atoms with E-state index in [1.54, 1.807) is 12.1 Å². The summed E-state index contributed by atoms with van der Waals surface area (Å²) in [6.45, 7) is 6.89. The molecule has 1 N–H and O–H groups in total. The van der Waals surface area contributed by atoms with Crippen molar-refractivity contribution in [1.82, 2.24) is 15.2 Å². The van der Waals surface area contributed by atoms with Gasteiger partial charge in [0, 0.05) is 42.1 Å². The number of benzene rings is 2. The number of nitrogens with zero attached hydrogens (tertiary/aromatic N) is 3. The van der Waals surface area contributed by atoms with Gasteiger partial charge in [0.1, 0.15) is 6.42 Å². The van der Waals surface area contributed by atoms with E-state index in [4.69, 9.17) is 6.57 Å². The molecule has 1 fully saturated rings. The Bertz CT molecular complexity index is 1450. The van der Waals surface area contributed by atoms with E-state index in [0.717, 1.165) is 28.0 Å². The van der Waals surface area contributed by atoms with Crippen LogP contribution in [0.3, 0.4) is 0 Å². The number of Topliss-reactive ketones (excluding diaryl/α,β-unsaturated/α-hetero) is 1. The van der Waals surface area contributed by atoms with Crippen LogP contribution in [0.25, 0.3) is 26.9 Å². The summed E-state index contributed by atoms with van der Waals surface area (Å²) in [6, 6.07) is 12.8. The number of likely N-dealkylation sites (tertiary alicyclic amines) is 1. The van der Waals surface area contributed by atoms with E-state index >= 15 is 0 Å². The molecule has 2 aliphatic rings. The second-order valence-corrected chi connectivity index (χ2v) is 9.08. The van der Waals surface area contributed by atoms with Crippen LogP contribution < -0.4 is 5.32 Å². The number of amides is 2. The first kappa shape index (κ1) is 23.5. The van der Waals surface area contributed by atoms with Crippen molar-refractivity contribution in [2.24, 2.45) is 0 Å². The molecule has 2 aliphatic heterocycles. The van der Waals surface area contributed by atoms with Crippen molar-refractivity contribution in [3.63, 3.8) is 0 Å². The van der Waals surface area contributed by atoms with E-state index in [1.807, 2.05) is 30.3 Å². The third kappa shape index (κ3) is 4.42. The van der Waals surface area contributed by atoms with E-state index in [0.29, 0.717) is 28.6 Å². The van der Waals surface area contributed by atoms with Crippen LogP contribution in [-0.2, 0) is 11.2 Å². The molecule has 0 spiro atoms. The summed E-state index contributed by atoms with van der Waals surface area (Å²) in [4.78, 5) is 46.0. The minimum Gasteiger partial charge on any atom is -0.352 e. The van der Waals surface area contributed by atoms with Crippen LogP contribution >= 0.6 is 0 Å². The summed E-state index contributed by atoms with van der Waals surface area (Å²) in [7, 11) is 0. The number of carbonyl (C=O) groups excluding carboxylic acids is 3. The lowest BCUT2D eigenvalue weighted by molar-refractivity contribution is -0.132. The molecule has 36 heavy (non-hydrogen) atoms. The first-order valence-electron chi connectivity index (χ1n) is 11.6. The van der Waals surface area contributed by atoms with Gasteiger partial charge in [-0.15, -0.1) is 0 Å². The number of nitrogens with one attached hydrogen (secondary N) is 1. The topological polar surface area (TPSA) is 83.7 Å². The summed E-state index contributed by atoms with van der Waals surface area (Å²) < 4.78 is 27.4. The molecule has 2 amide bonds. The highest BCUT2D eigenvalue weighted by Gasteiger charge is 2.50. The molecular weight excluding hydrogens is 466 g/mol. The van der Waals surface area contributed by atoms with Gasteiger partial charge in [0.15, 0.2) is 5.78 Å². The van der Waals surface area contributed by atoms with Crippen LogP contribution in [0.2, 0.25) is 0 Å². The van der Waals surface area contributed by atoms with Gasteiger partial charge in [0.05, 0.1) is 12.1 Å². The second kappa shape index (κ2) is 9.11. The van der Waals surface area contributed by atoms with Gasteiger partial charge in [-0.25, -0.2) is 15.4 Å². The molecule has 182 valence electrons. The number of fused-ring (bicyclic) bond motifs is 2. The van der Waals surface area contributed by atoms with Gasteiger partial charge in [-0.1, -0.05) is 18.2 Å². The van der Waals surface area contributed by atoms with E-state index in [2.05, 4.69) is 15.1 Å². The van der Waals surface area contributed by atoms with Crippen molar-refractivity contribution in [2.45, 2.75) is 37.8 Å². The molecule has 7 nitrogen and oxygen atoms in total. The Morgan fingerprint density at radius 3 is 2.72 bits per heavy atom. The van der Waals surface area contributed by atoms with Crippen LogP contribution in [-0.4, -0.2) is 52.7 Å². The Kier molecular flexibility index (Phi) is 5.96. The standard InChI is InChI=1S/C27H22F2N4O3/c1-30-24-14-27(28,29)15-33(24)25(35)7-6-23(34)20-9-11-31-22-5-3-17(13-21(20)22)16-2-4-19-18(12-16)8-10-32-26(19)36/h2-5,9,11-13,24H,6-8,10,14-15H2,(H,32,36)/t24-/m0/s1. The average molecular weight is 488 g/mol. The zero-order valence-corrected chi connectivity index (χ0v) is 19.3. The number of carbonyl (C=O) groups is 3. The minimum absolute atomic E-state index is 0.0895. The van der Waals surface area contributed by atoms with E-state index in [-0.39, 0.29) is 24.5 Å². The first-order valence-corrected chi connectivity index (χ1v) is 11.6. The summed E-state index contributed by atoms with van der Waals surface area (Å²) in [5.41, 5.74) is 4.38. The zero-order chi connectivity index (χ0) is 25.4. The van der Waals surface area contributed by atoms with Gasteiger partial charge in [-0.05, 0) is 47.4 Å². The summed E-state index contributed by atoms with van der Waals surface area (Å²) in [6.07, 6.45) is -0.0414. The van der Waals surface area contributed by atoms with E-state index in [1.165, 1.54) is 6.20 Å². The monoisotopic (exact) mass is 488 g/mol. The maximum absolute atomic E-state index is 13.7. The fraction of sp³-hybridized carbons (Fsp3) is 0.296. The van der Waals surface area contributed by atoms with Crippen molar-refractivity contribution in [3.8, 4) is 11.1 Å². The summed E-state index contributed by atoms with van der Waals surface area (Å²) in [5, 5.41) is 3.45. The Morgan fingerprint density at radius 2 is 1.92 bits per heavy atom. The molecule has 0 bridgehead atoms. The molecule has 3 heterocycles. The van der Waals surface area contributed by atoms with Crippen molar-refractivity contribution < 1.29 is 23.2 Å². The quantitative estimate of drug-likeness (QED) is 0.430. The molecule has 2 aromatic carbocycles. The highest BCUT2D eigenvalue weighted by molar-refractivity contribution is 6.08. The number of pyridine rings is 1. The minimum atomic E-state index is -3.09. The predicted octanol–water partition coefficient (Wildman–Crippen LogP) is 4.26. The molecule has 9 heteroatoms. The Balaban J connectivity index is 1.38. The van der Waals surface area contributed by atoms with Crippen molar-refractivity contribution in [2.75, 3.05) is 13.1 Å². The SMILES string of the molecule is [C-]#[N+][C@@H]1CC(F)(F)CN1C(=O)CCC(=O)c1ccnc2ccc(-c3ccc4c(c3)CCNC4=O)cc12. The lowest BCUT2D eigenvalue weighted by Gasteiger charge is -2.17. The lowest BCUT2D eigenvalue weighted by atomic mass is 9.93. The van der Waals surface area contributed by atoms with Crippen molar-refractivity contribution >= 4 is 28.5 Å². The number of hydrogen-bond acceptors (Lipinski definition) is 4. The number of rotatable bonds is 5.